The summed E-state index contributed by atoms with van der Waals surface area (Å²) in [4.78, 5) is 4.18. The van der Waals surface area contributed by atoms with E-state index < -0.39 is 0 Å². The maximum Gasteiger partial charge on any atom is 0.203 e. The second-order valence-electron chi connectivity index (χ2n) is 7.40. The van der Waals surface area contributed by atoms with Crippen LogP contribution >= 0.6 is 0 Å². The summed E-state index contributed by atoms with van der Waals surface area (Å²) in [6.07, 6.45) is 5.49. The topological polar surface area (TPSA) is 35.4 Å². The van der Waals surface area contributed by atoms with Crippen LogP contribution in [0.2, 0.25) is 0 Å². The highest BCUT2D eigenvalue weighted by Crippen LogP contribution is 2.38. The average Bonchev–Trinajstić information content (AvgIpc) is 2.78. The van der Waals surface area contributed by atoms with Gasteiger partial charge in [-0.05, 0) is 23.3 Å². The van der Waals surface area contributed by atoms with Crippen LogP contribution in [0.15, 0.2) is 48.5 Å². The van der Waals surface area contributed by atoms with Crippen molar-refractivity contribution in [2.45, 2.75) is 6.42 Å². The van der Waals surface area contributed by atoms with Crippen molar-refractivity contribution in [1.82, 2.24) is 4.90 Å². The SMILES string of the molecule is COc1cc(CC[NH+]2CCN(C/C=C\c3ccccc3)CC2)cc(OC)c1OC.[Cl-]. The molecule has 1 aliphatic heterocycles. The Labute approximate surface area is 186 Å². The molecule has 0 radical (unpaired) electrons. The molecule has 1 fully saturated rings. The van der Waals surface area contributed by atoms with Gasteiger partial charge in [-0.3, -0.25) is 4.90 Å². The van der Waals surface area contributed by atoms with Gasteiger partial charge in [-0.2, -0.15) is 0 Å². The summed E-state index contributed by atoms with van der Waals surface area (Å²) in [6.45, 7) is 6.79. The van der Waals surface area contributed by atoms with Crippen LogP contribution in [-0.2, 0) is 6.42 Å². The van der Waals surface area contributed by atoms with Crippen molar-refractivity contribution in [3.05, 3.63) is 59.7 Å². The number of hydrogen-bond donors (Lipinski definition) is 1. The van der Waals surface area contributed by atoms with Gasteiger partial charge in [0, 0.05) is 26.1 Å². The molecule has 1 heterocycles. The Balaban J connectivity index is 0.00000320. The van der Waals surface area contributed by atoms with E-state index in [0.29, 0.717) is 5.75 Å². The summed E-state index contributed by atoms with van der Waals surface area (Å²) in [5.41, 5.74) is 2.49. The number of rotatable bonds is 9. The van der Waals surface area contributed by atoms with Gasteiger partial charge in [-0.15, -0.1) is 0 Å². The molecule has 3 rings (SSSR count). The molecule has 164 valence electrons. The molecule has 5 nitrogen and oxygen atoms in total. The minimum absolute atomic E-state index is 0. The summed E-state index contributed by atoms with van der Waals surface area (Å²) in [6, 6.07) is 14.6. The predicted molar refractivity (Wildman–Crippen MR) is 117 cm³/mol. The molecule has 0 spiro atoms. The lowest BCUT2D eigenvalue weighted by molar-refractivity contribution is -0.904. The zero-order valence-electron chi connectivity index (χ0n) is 18.2. The van der Waals surface area contributed by atoms with Gasteiger partial charge >= 0.3 is 0 Å². The monoisotopic (exact) mass is 432 g/mol. The molecule has 30 heavy (non-hydrogen) atoms. The van der Waals surface area contributed by atoms with Crippen LogP contribution < -0.4 is 31.5 Å². The summed E-state index contributed by atoms with van der Waals surface area (Å²) in [5.74, 6) is 2.11. The lowest BCUT2D eigenvalue weighted by Crippen LogP contribution is -3.15. The van der Waals surface area contributed by atoms with E-state index in [4.69, 9.17) is 14.2 Å². The van der Waals surface area contributed by atoms with Crippen molar-refractivity contribution in [3.8, 4) is 17.2 Å². The highest BCUT2D eigenvalue weighted by molar-refractivity contribution is 5.53. The molecular weight excluding hydrogens is 400 g/mol. The Morgan fingerprint density at radius 2 is 1.57 bits per heavy atom. The van der Waals surface area contributed by atoms with E-state index in [-0.39, 0.29) is 12.4 Å². The molecule has 0 saturated carbocycles. The third-order valence-electron chi connectivity index (χ3n) is 5.53. The number of piperazine rings is 1. The van der Waals surface area contributed by atoms with Crippen LogP contribution in [-0.4, -0.2) is 65.5 Å². The van der Waals surface area contributed by atoms with Gasteiger partial charge in [-0.25, -0.2) is 0 Å². The predicted octanol–water partition coefficient (Wildman–Crippen LogP) is -0.827. The zero-order chi connectivity index (χ0) is 20.5. The average molecular weight is 433 g/mol. The van der Waals surface area contributed by atoms with Crippen molar-refractivity contribution < 1.29 is 31.5 Å². The van der Waals surface area contributed by atoms with Crippen LogP contribution in [0.3, 0.4) is 0 Å². The third kappa shape index (κ3) is 6.66. The van der Waals surface area contributed by atoms with Crippen LogP contribution in [0.5, 0.6) is 17.2 Å². The fourth-order valence-corrected chi connectivity index (χ4v) is 3.80. The number of quaternary nitrogens is 1. The van der Waals surface area contributed by atoms with E-state index in [1.165, 1.54) is 24.2 Å². The number of hydrogen-bond acceptors (Lipinski definition) is 4. The van der Waals surface area contributed by atoms with Crippen LogP contribution in [0.1, 0.15) is 11.1 Å². The summed E-state index contributed by atoms with van der Waals surface area (Å²) < 4.78 is 16.4. The highest BCUT2D eigenvalue weighted by atomic mass is 35.5. The third-order valence-corrected chi connectivity index (χ3v) is 5.53. The number of nitrogens with zero attached hydrogens (tertiary/aromatic N) is 1. The first-order valence-corrected chi connectivity index (χ1v) is 10.3. The largest absolute Gasteiger partial charge is 1.00 e. The van der Waals surface area contributed by atoms with E-state index in [1.807, 2.05) is 0 Å². The maximum absolute atomic E-state index is 5.47. The summed E-state index contributed by atoms with van der Waals surface area (Å²) >= 11 is 0. The van der Waals surface area contributed by atoms with E-state index in [9.17, 15) is 0 Å². The molecule has 6 heteroatoms. The molecule has 2 aromatic carbocycles. The van der Waals surface area contributed by atoms with Crippen molar-refractivity contribution in [1.29, 1.82) is 0 Å². The Morgan fingerprint density at radius 1 is 0.933 bits per heavy atom. The fourth-order valence-electron chi connectivity index (χ4n) is 3.80. The van der Waals surface area contributed by atoms with Crippen molar-refractivity contribution in [2.24, 2.45) is 0 Å². The molecular formula is C24H33ClN2O3. The van der Waals surface area contributed by atoms with Gasteiger partial charge in [0.25, 0.3) is 0 Å². The van der Waals surface area contributed by atoms with Gasteiger partial charge in [0.05, 0.1) is 41.0 Å². The van der Waals surface area contributed by atoms with Gasteiger partial charge in [-0.1, -0.05) is 42.5 Å². The number of ether oxygens (including phenoxy) is 3. The first-order valence-electron chi connectivity index (χ1n) is 10.3. The van der Waals surface area contributed by atoms with Crippen molar-refractivity contribution >= 4 is 6.08 Å². The molecule has 0 aromatic heterocycles. The Hall–Kier alpha value is -2.21. The van der Waals surface area contributed by atoms with E-state index in [2.05, 4.69) is 59.5 Å². The number of halogens is 1. The first-order chi connectivity index (χ1) is 14.2. The lowest BCUT2D eigenvalue weighted by Gasteiger charge is -2.31. The number of methoxy groups -OCH3 is 3. The molecule has 1 aliphatic rings. The molecule has 0 aliphatic carbocycles. The smallest absolute Gasteiger partial charge is 0.203 e. The summed E-state index contributed by atoms with van der Waals surface area (Å²) in [5, 5.41) is 0. The van der Waals surface area contributed by atoms with Gasteiger partial charge < -0.3 is 31.5 Å². The van der Waals surface area contributed by atoms with Crippen LogP contribution in [0.25, 0.3) is 6.08 Å². The van der Waals surface area contributed by atoms with Gasteiger partial charge in [0.15, 0.2) is 11.5 Å². The first kappa shape index (κ1) is 24.1. The normalized spacial score (nSPS) is 15.0. The molecule has 1 saturated heterocycles. The van der Waals surface area contributed by atoms with Crippen molar-refractivity contribution in [2.75, 3.05) is 60.6 Å². The Morgan fingerprint density at radius 3 is 2.13 bits per heavy atom. The quantitative estimate of drug-likeness (QED) is 0.561. The second-order valence-corrected chi connectivity index (χ2v) is 7.40. The van der Waals surface area contributed by atoms with Crippen LogP contribution in [0.4, 0.5) is 0 Å². The minimum atomic E-state index is 0. The number of benzene rings is 2. The highest BCUT2D eigenvalue weighted by Gasteiger charge is 2.19. The van der Waals surface area contributed by atoms with Crippen molar-refractivity contribution in [3.63, 3.8) is 0 Å². The zero-order valence-corrected chi connectivity index (χ0v) is 19.0. The van der Waals surface area contributed by atoms with E-state index in [0.717, 1.165) is 44.1 Å². The van der Waals surface area contributed by atoms with E-state index >= 15 is 0 Å². The minimum Gasteiger partial charge on any atom is -1.00 e. The standard InChI is InChI=1S/C24H32N2O3.ClH/c1-27-22-18-21(19-23(28-2)24(22)29-3)11-13-26-16-14-25(15-17-26)12-7-10-20-8-5-4-6-9-20;/h4-10,18-19H,11-17H2,1-3H3;1H/b10-7-;. The molecule has 1 N–H and O–H groups in total. The second kappa shape index (κ2) is 12.5. The Kier molecular flexibility index (Phi) is 10.0. The Bertz CT molecular complexity index is 765. The molecule has 2 aromatic rings. The van der Waals surface area contributed by atoms with Gasteiger partial charge in [0.1, 0.15) is 0 Å². The van der Waals surface area contributed by atoms with Gasteiger partial charge in [0.2, 0.25) is 5.75 Å². The maximum atomic E-state index is 5.47. The molecule has 0 amide bonds. The summed E-state index contributed by atoms with van der Waals surface area (Å²) in [7, 11) is 4.97. The van der Waals surface area contributed by atoms with E-state index in [1.54, 1.807) is 26.2 Å². The van der Waals surface area contributed by atoms with Crippen LogP contribution in [0, 0.1) is 0 Å². The fraction of sp³-hybridized carbons (Fsp3) is 0.417. The molecule has 0 bridgehead atoms. The molecule has 0 unspecified atom stereocenters. The lowest BCUT2D eigenvalue weighted by atomic mass is 10.1. The number of nitrogens with one attached hydrogen (secondary N) is 1. The molecule has 0 atom stereocenters.